The third-order valence-electron chi connectivity index (χ3n) is 3.19. The van der Waals surface area contributed by atoms with Gasteiger partial charge in [0.15, 0.2) is 0 Å². The Hall–Kier alpha value is -2.44. The third kappa shape index (κ3) is 6.36. The molecule has 4 N–H and O–H groups in total. The summed E-state index contributed by atoms with van der Waals surface area (Å²) in [6.07, 6.45) is 1.68. The van der Waals surface area contributed by atoms with Crippen molar-refractivity contribution in [3.63, 3.8) is 0 Å². The molecule has 0 amide bonds. The van der Waals surface area contributed by atoms with E-state index in [-0.39, 0.29) is 0 Å². The van der Waals surface area contributed by atoms with Crippen LogP contribution in [-0.2, 0) is 0 Å². The van der Waals surface area contributed by atoms with Crippen LogP contribution in [0.3, 0.4) is 0 Å². The minimum Gasteiger partial charge on any atom is -0.494 e. The number of ether oxygens (including phenoxy) is 2. The molecule has 0 spiro atoms. The second-order valence-electron chi connectivity index (χ2n) is 5.17. The van der Waals surface area contributed by atoms with E-state index in [0.717, 1.165) is 35.7 Å². The molecule has 2 aromatic rings. The number of nitrogens with zero attached hydrogens (tertiary/aromatic N) is 2. The zero-order valence-electron chi connectivity index (χ0n) is 13.7. The maximum absolute atomic E-state index is 5.54. The molecule has 0 bridgehead atoms. The lowest BCUT2D eigenvalue weighted by atomic mass is 10.3. The van der Waals surface area contributed by atoms with E-state index in [1.54, 1.807) is 0 Å². The van der Waals surface area contributed by atoms with Gasteiger partial charge in [-0.05, 0) is 74.5 Å². The van der Waals surface area contributed by atoms with Gasteiger partial charge in [-0.1, -0.05) is 0 Å². The van der Waals surface area contributed by atoms with Crippen molar-refractivity contribution in [1.82, 2.24) is 0 Å². The van der Waals surface area contributed by atoms with Crippen molar-refractivity contribution in [3.8, 4) is 11.5 Å². The minimum absolute atomic E-state index is 0.622. The van der Waals surface area contributed by atoms with E-state index in [1.807, 2.05) is 48.5 Å². The van der Waals surface area contributed by atoms with Gasteiger partial charge in [0, 0.05) is 0 Å². The largest absolute Gasteiger partial charge is 0.494 e. The maximum atomic E-state index is 5.54. The van der Waals surface area contributed by atoms with Crippen LogP contribution in [0.25, 0.3) is 0 Å². The summed E-state index contributed by atoms with van der Waals surface area (Å²) in [6.45, 7) is 2.50. The van der Waals surface area contributed by atoms with Crippen molar-refractivity contribution in [2.24, 2.45) is 21.7 Å². The van der Waals surface area contributed by atoms with Crippen molar-refractivity contribution in [1.29, 1.82) is 0 Å². The predicted molar refractivity (Wildman–Crippen MR) is 95.4 cm³/mol. The molecule has 0 heterocycles. The molecule has 0 aliphatic heterocycles. The molecule has 0 unspecified atom stereocenters. The Kier molecular flexibility index (Phi) is 7.73. The molecule has 2 rings (SSSR count). The fourth-order valence-electron chi connectivity index (χ4n) is 1.88. The molecule has 128 valence electrons. The van der Waals surface area contributed by atoms with E-state index in [9.17, 15) is 0 Å². The van der Waals surface area contributed by atoms with Crippen LogP contribution in [0.15, 0.2) is 58.8 Å². The van der Waals surface area contributed by atoms with Gasteiger partial charge in [0.2, 0.25) is 0 Å². The van der Waals surface area contributed by atoms with Crippen LogP contribution in [0.5, 0.6) is 11.5 Å². The van der Waals surface area contributed by atoms with Crippen molar-refractivity contribution in [3.05, 3.63) is 48.5 Å². The molecule has 0 aromatic heterocycles. The Morgan fingerprint density at radius 1 is 0.625 bits per heavy atom. The molecule has 0 aliphatic carbocycles. The summed E-state index contributed by atoms with van der Waals surface area (Å²) in [6, 6.07) is 15.0. The Labute approximate surface area is 142 Å². The van der Waals surface area contributed by atoms with Crippen LogP contribution in [0.2, 0.25) is 0 Å². The SMILES string of the molecule is NCCCOc1ccc(N=Nc2ccc(OCCCN)cc2)cc1. The molecule has 0 fully saturated rings. The van der Waals surface area contributed by atoms with Gasteiger partial charge >= 0.3 is 0 Å². The fourth-order valence-corrected chi connectivity index (χ4v) is 1.88. The van der Waals surface area contributed by atoms with Gasteiger partial charge in [-0.25, -0.2) is 0 Å². The molecular weight excluding hydrogens is 304 g/mol. The zero-order valence-corrected chi connectivity index (χ0v) is 13.7. The van der Waals surface area contributed by atoms with Crippen LogP contribution >= 0.6 is 0 Å². The van der Waals surface area contributed by atoms with E-state index >= 15 is 0 Å². The van der Waals surface area contributed by atoms with Gasteiger partial charge < -0.3 is 20.9 Å². The van der Waals surface area contributed by atoms with Crippen molar-refractivity contribution in [2.75, 3.05) is 26.3 Å². The molecule has 24 heavy (non-hydrogen) atoms. The standard InChI is InChI=1S/C18H24N4O2/c19-11-1-13-23-17-7-3-15(4-8-17)21-22-16-5-9-18(10-6-16)24-14-2-12-20/h3-10H,1-2,11-14,19-20H2. The van der Waals surface area contributed by atoms with Crippen LogP contribution in [0, 0.1) is 0 Å². The fraction of sp³-hybridized carbons (Fsp3) is 0.333. The first-order valence-corrected chi connectivity index (χ1v) is 8.09. The van der Waals surface area contributed by atoms with Gasteiger partial charge in [0.1, 0.15) is 11.5 Å². The van der Waals surface area contributed by atoms with Crippen molar-refractivity contribution in [2.45, 2.75) is 12.8 Å². The highest BCUT2D eigenvalue weighted by atomic mass is 16.5. The molecule has 0 atom stereocenters. The minimum atomic E-state index is 0.622. The van der Waals surface area contributed by atoms with Gasteiger partial charge in [-0.3, -0.25) is 0 Å². The predicted octanol–water partition coefficient (Wildman–Crippen LogP) is 3.56. The zero-order chi connectivity index (χ0) is 17.0. The van der Waals surface area contributed by atoms with Crippen molar-refractivity contribution < 1.29 is 9.47 Å². The van der Waals surface area contributed by atoms with Gasteiger partial charge in [0.25, 0.3) is 0 Å². The summed E-state index contributed by atoms with van der Waals surface area (Å²) in [7, 11) is 0. The molecule has 0 radical (unpaired) electrons. The summed E-state index contributed by atoms with van der Waals surface area (Å²) in [5, 5.41) is 8.42. The second kappa shape index (κ2) is 10.4. The first-order chi connectivity index (χ1) is 11.8. The number of azo groups is 1. The Bertz CT molecular complexity index is 556. The Morgan fingerprint density at radius 3 is 1.33 bits per heavy atom. The second-order valence-corrected chi connectivity index (χ2v) is 5.17. The van der Waals surface area contributed by atoms with Crippen LogP contribution < -0.4 is 20.9 Å². The van der Waals surface area contributed by atoms with E-state index < -0.39 is 0 Å². The number of benzene rings is 2. The van der Waals surface area contributed by atoms with Crippen LogP contribution in [-0.4, -0.2) is 26.3 Å². The molecular formula is C18H24N4O2. The maximum Gasteiger partial charge on any atom is 0.119 e. The van der Waals surface area contributed by atoms with Crippen LogP contribution in [0.1, 0.15) is 12.8 Å². The number of nitrogens with two attached hydrogens (primary N) is 2. The average molecular weight is 328 g/mol. The topological polar surface area (TPSA) is 95.2 Å². The average Bonchev–Trinajstić information content (AvgIpc) is 2.63. The Balaban J connectivity index is 1.86. The number of rotatable bonds is 10. The van der Waals surface area contributed by atoms with E-state index in [0.29, 0.717) is 26.3 Å². The molecule has 6 heteroatoms. The first kappa shape index (κ1) is 17.9. The Morgan fingerprint density at radius 2 is 1.00 bits per heavy atom. The van der Waals surface area contributed by atoms with E-state index in [2.05, 4.69) is 10.2 Å². The van der Waals surface area contributed by atoms with Gasteiger partial charge in [-0.15, -0.1) is 0 Å². The highest BCUT2D eigenvalue weighted by Gasteiger charge is 1.96. The summed E-state index contributed by atoms with van der Waals surface area (Å²) >= 11 is 0. The lowest BCUT2D eigenvalue weighted by molar-refractivity contribution is 0.313. The van der Waals surface area contributed by atoms with E-state index in [4.69, 9.17) is 20.9 Å². The van der Waals surface area contributed by atoms with Crippen molar-refractivity contribution >= 4 is 11.4 Å². The first-order valence-electron chi connectivity index (χ1n) is 8.09. The molecule has 0 aliphatic rings. The quantitative estimate of drug-likeness (QED) is 0.515. The summed E-state index contributed by atoms with van der Waals surface area (Å²) < 4.78 is 11.1. The number of hydrogen-bond donors (Lipinski definition) is 2. The molecule has 0 saturated carbocycles. The third-order valence-corrected chi connectivity index (χ3v) is 3.19. The summed E-state index contributed by atoms with van der Waals surface area (Å²) in [4.78, 5) is 0. The smallest absolute Gasteiger partial charge is 0.119 e. The normalized spacial score (nSPS) is 10.9. The van der Waals surface area contributed by atoms with Gasteiger partial charge in [-0.2, -0.15) is 10.2 Å². The van der Waals surface area contributed by atoms with Gasteiger partial charge in [0.05, 0.1) is 24.6 Å². The highest BCUT2D eigenvalue weighted by molar-refractivity contribution is 5.44. The number of hydrogen-bond acceptors (Lipinski definition) is 6. The molecule has 2 aromatic carbocycles. The molecule has 0 saturated heterocycles. The monoisotopic (exact) mass is 328 g/mol. The summed E-state index contributed by atoms with van der Waals surface area (Å²) in [5.41, 5.74) is 12.4. The highest BCUT2D eigenvalue weighted by Crippen LogP contribution is 2.23. The summed E-state index contributed by atoms with van der Waals surface area (Å²) in [5.74, 6) is 1.61. The van der Waals surface area contributed by atoms with E-state index in [1.165, 1.54) is 0 Å². The lowest BCUT2D eigenvalue weighted by Gasteiger charge is -2.05. The lowest BCUT2D eigenvalue weighted by Crippen LogP contribution is -2.05. The van der Waals surface area contributed by atoms with Crippen LogP contribution in [0.4, 0.5) is 11.4 Å². The molecule has 6 nitrogen and oxygen atoms in total.